The summed E-state index contributed by atoms with van der Waals surface area (Å²) < 4.78 is 32.7. The molecule has 0 saturated carbocycles. The van der Waals surface area contributed by atoms with E-state index in [0.29, 0.717) is 12.8 Å². The monoisotopic (exact) mass is 881 g/mol. The number of phosphoric ester groups is 1. The number of carbonyl (C=O) groups excluding carboxylic acids is 2. The van der Waals surface area contributed by atoms with Gasteiger partial charge in [0.05, 0.1) is 26.4 Å². The average molecular weight is 881 g/mol. The van der Waals surface area contributed by atoms with Crippen molar-refractivity contribution in [3.63, 3.8) is 0 Å². The number of carbonyl (C=O) groups is 2. The van der Waals surface area contributed by atoms with Crippen LogP contribution in [0.4, 0.5) is 0 Å². The molecule has 354 valence electrons. The van der Waals surface area contributed by atoms with Crippen LogP contribution in [-0.4, -0.2) is 65.7 Å². The minimum absolute atomic E-state index is 0.181. The van der Waals surface area contributed by atoms with E-state index in [4.69, 9.17) is 18.5 Å². The molecule has 0 aromatic rings. The fraction of sp³-hybridized carbons (Fsp3) is 0.760. The number of phosphoric acid groups is 1. The molecule has 11 heteroatoms. The lowest BCUT2D eigenvalue weighted by molar-refractivity contribution is -0.153. The first-order valence-corrected chi connectivity index (χ1v) is 25.7. The van der Waals surface area contributed by atoms with E-state index in [0.717, 1.165) is 89.9 Å². The first-order valence-electron chi connectivity index (χ1n) is 24.2. The lowest BCUT2D eigenvalue weighted by Crippen LogP contribution is -2.28. The Kier molecular flexibility index (Phi) is 43.9. The minimum atomic E-state index is -4.64. The molecular weight excluding hydrogens is 792 g/mol. The summed E-state index contributed by atoms with van der Waals surface area (Å²) >= 11 is 0. The van der Waals surface area contributed by atoms with E-state index in [1.807, 2.05) is 0 Å². The summed E-state index contributed by atoms with van der Waals surface area (Å²) in [7, 11) is -4.64. The highest BCUT2D eigenvalue weighted by Crippen LogP contribution is 2.43. The molecular formula is C50H89O10P. The number of unbranched alkanes of at least 4 members (excludes halogenated alkanes) is 21. The Bertz CT molecular complexity index is 1200. The normalized spacial score (nSPS) is 14.2. The van der Waals surface area contributed by atoms with Gasteiger partial charge in [-0.1, -0.05) is 177 Å². The van der Waals surface area contributed by atoms with Gasteiger partial charge in [0.2, 0.25) is 0 Å². The summed E-state index contributed by atoms with van der Waals surface area (Å²) in [5.41, 5.74) is 0. The highest BCUT2D eigenvalue weighted by Gasteiger charge is 2.27. The van der Waals surface area contributed by atoms with E-state index in [9.17, 15) is 29.3 Å². The number of aliphatic hydroxyl groups excluding tert-OH is 2. The van der Waals surface area contributed by atoms with Crippen LogP contribution in [0.5, 0.6) is 0 Å². The summed E-state index contributed by atoms with van der Waals surface area (Å²) in [6, 6.07) is 0. The van der Waals surface area contributed by atoms with Crippen LogP contribution in [0, 0.1) is 0 Å². The number of ether oxygens (including phenoxy) is 2. The fourth-order valence-electron chi connectivity index (χ4n) is 6.51. The Balaban J connectivity index is 3.87. The quantitative estimate of drug-likeness (QED) is 0.0233. The van der Waals surface area contributed by atoms with Crippen LogP contribution < -0.4 is 0 Å². The topological polar surface area (TPSA) is 149 Å². The highest BCUT2D eigenvalue weighted by molar-refractivity contribution is 7.47. The van der Waals surface area contributed by atoms with Gasteiger partial charge in [-0.3, -0.25) is 18.6 Å². The highest BCUT2D eigenvalue weighted by atomic mass is 31.2. The average Bonchev–Trinajstić information content (AvgIpc) is 3.25. The van der Waals surface area contributed by atoms with Gasteiger partial charge in [0.1, 0.15) is 12.2 Å². The maximum Gasteiger partial charge on any atom is 0.472 e. The second-order valence-electron chi connectivity index (χ2n) is 16.1. The molecule has 0 aliphatic heterocycles. The number of aliphatic hydroxyl groups is 2. The molecule has 0 rings (SSSR count). The van der Waals surface area contributed by atoms with Gasteiger partial charge in [-0.2, -0.15) is 0 Å². The minimum Gasteiger partial charge on any atom is -0.457 e. The van der Waals surface area contributed by atoms with Crippen LogP contribution in [0.1, 0.15) is 206 Å². The summed E-state index contributed by atoms with van der Waals surface area (Å²) in [5.74, 6) is -1.03. The van der Waals surface area contributed by atoms with E-state index in [1.54, 1.807) is 0 Å². The van der Waals surface area contributed by atoms with Crippen molar-refractivity contribution in [3.8, 4) is 0 Å². The fourth-order valence-corrected chi connectivity index (χ4v) is 7.30. The maximum atomic E-state index is 12.4. The molecule has 0 aliphatic carbocycles. The Morgan fingerprint density at radius 2 is 0.770 bits per heavy atom. The van der Waals surface area contributed by atoms with Crippen LogP contribution in [0.25, 0.3) is 0 Å². The molecule has 0 fully saturated rings. The zero-order chi connectivity index (χ0) is 44.8. The number of rotatable bonds is 45. The van der Waals surface area contributed by atoms with Gasteiger partial charge in [0.15, 0.2) is 0 Å². The van der Waals surface area contributed by atoms with Gasteiger partial charge in [-0.25, -0.2) is 4.57 Å². The van der Waals surface area contributed by atoms with Crippen LogP contribution in [0.15, 0.2) is 60.8 Å². The third-order valence-corrected chi connectivity index (χ3v) is 11.2. The molecule has 0 aliphatic rings. The van der Waals surface area contributed by atoms with Gasteiger partial charge in [-0.05, 0) is 77.0 Å². The molecule has 0 saturated heterocycles. The van der Waals surface area contributed by atoms with Gasteiger partial charge in [-0.15, -0.1) is 0 Å². The summed E-state index contributed by atoms with van der Waals surface area (Å²) in [6.07, 6.45) is 51.9. The molecule has 0 radical (unpaired) electrons. The molecule has 61 heavy (non-hydrogen) atoms. The van der Waals surface area contributed by atoms with Gasteiger partial charge < -0.3 is 24.6 Å². The van der Waals surface area contributed by atoms with E-state index in [2.05, 4.69) is 74.6 Å². The van der Waals surface area contributed by atoms with Crippen molar-refractivity contribution in [1.82, 2.24) is 0 Å². The first-order chi connectivity index (χ1) is 29.8. The SMILES string of the molecule is CC/C=C\C/C=C\C/C=C\C/C=C\CCCCCCCCCCCCC(=O)OC(CO)COP(=O)(O)OCC(CO)OC(=O)CCCCCCC/C=C\CCCCCCCC. The summed E-state index contributed by atoms with van der Waals surface area (Å²) in [5, 5.41) is 19.2. The number of hydrogen-bond acceptors (Lipinski definition) is 9. The van der Waals surface area contributed by atoms with Crippen molar-refractivity contribution >= 4 is 19.8 Å². The third kappa shape index (κ3) is 44.1. The molecule has 0 spiro atoms. The van der Waals surface area contributed by atoms with Crippen molar-refractivity contribution in [2.45, 2.75) is 219 Å². The predicted octanol–water partition coefficient (Wildman–Crippen LogP) is 13.5. The third-order valence-electron chi connectivity index (χ3n) is 10.2. The van der Waals surface area contributed by atoms with Gasteiger partial charge in [0, 0.05) is 12.8 Å². The molecule has 0 bridgehead atoms. The van der Waals surface area contributed by atoms with Crippen LogP contribution in [0.3, 0.4) is 0 Å². The Hall–Kier alpha value is -2.33. The first kappa shape index (κ1) is 58.7. The van der Waals surface area contributed by atoms with Crippen molar-refractivity contribution in [2.24, 2.45) is 0 Å². The van der Waals surface area contributed by atoms with E-state index < -0.39 is 58.4 Å². The number of esters is 2. The maximum absolute atomic E-state index is 12.4. The molecule has 0 aromatic carbocycles. The predicted molar refractivity (Wildman–Crippen MR) is 251 cm³/mol. The van der Waals surface area contributed by atoms with Crippen LogP contribution >= 0.6 is 7.82 Å². The second kappa shape index (κ2) is 45.7. The van der Waals surface area contributed by atoms with Crippen molar-refractivity contribution in [2.75, 3.05) is 26.4 Å². The summed E-state index contributed by atoms with van der Waals surface area (Å²) in [6.45, 7) is 2.09. The molecule has 3 N–H and O–H groups in total. The molecule has 0 heterocycles. The Labute approximate surface area is 372 Å². The molecule has 10 nitrogen and oxygen atoms in total. The zero-order valence-electron chi connectivity index (χ0n) is 38.6. The van der Waals surface area contributed by atoms with Crippen LogP contribution in [-0.2, 0) is 32.7 Å². The largest absolute Gasteiger partial charge is 0.472 e. The van der Waals surface area contributed by atoms with Crippen molar-refractivity contribution in [3.05, 3.63) is 60.8 Å². The zero-order valence-corrected chi connectivity index (χ0v) is 39.5. The van der Waals surface area contributed by atoms with E-state index >= 15 is 0 Å². The smallest absolute Gasteiger partial charge is 0.457 e. The van der Waals surface area contributed by atoms with Crippen LogP contribution in [0.2, 0.25) is 0 Å². The van der Waals surface area contributed by atoms with Crippen molar-refractivity contribution < 1.29 is 47.8 Å². The van der Waals surface area contributed by atoms with E-state index in [-0.39, 0.29) is 12.8 Å². The lowest BCUT2D eigenvalue weighted by atomic mass is 10.0. The standard InChI is InChI=1S/C50H89O10P/c1-3-5-7-9-11-13-15-17-19-20-21-22-23-24-25-26-28-30-32-34-36-38-40-42-50(54)60-48(44-52)46-58-61(55,56)57-45-47(43-51)59-49(53)41-39-37-35-33-31-29-27-18-16-14-12-10-8-6-4-2/h5,7,11,13,17-19,21-22,27,47-48,51-52H,3-4,6,8-10,12,14-16,20,23-26,28-46H2,1-2H3,(H,55,56)/b7-5-,13-11-,19-17-,22-21-,27-18-. The molecule has 0 aromatic heterocycles. The summed E-state index contributed by atoms with van der Waals surface area (Å²) in [4.78, 5) is 34.6. The number of hydrogen-bond donors (Lipinski definition) is 3. The molecule has 3 unspecified atom stereocenters. The lowest BCUT2D eigenvalue weighted by Gasteiger charge is -2.20. The van der Waals surface area contributed by atoms with Gasteiger partial charge >= 0.3 is 19.8 Å². The van der Waals surface area contributed by atoms with Crippen molar-refractivity contribution in [1.29, 1.82) is 0 Å². The Morgan fingerprint density at radius 3 is 1.13 bits per heavy atom. The van der Waals surface area contributed by atoms with Gasteiger partial charge in [0.25, 0.3) is 0 Å². The molecule has 0 amide bonds. The van der Waals surface area contributed by atoms with E-state index in [1.165, 1.54) is 77.0 Å². The Morgan fingerprint density at radius 1 is 0.459 bits per heavy atom. The number of allylic oxidation sites excluding steroid dienone is 10. The molecule has 3 atom stereocenters. The second-order valence-corrected chi connectivity index (χ2v) is 17.5.